The van der Waals surface area contributed by atoms with Crippen LogP contribution in [0.5, 0.6) is 51.7 Å². The fourth-order valence-electron chi connectivity index (χ4n) is 16.5. The monoisotopic (exact) mass is 1740 g/mol. The highest BCUT2D eigenvalue weighted by molar-refractivity contribution is 8.77. The molecule has 120 heavy (non-hydrogen) atoms. The highest BCUT2D eigenvalue weighted by Gasteiger charge is 2.58. The van der Waals surface area contributed by atoms with Gasteiger partial charge in [0.25, 0.3) is 5.69 Å². The van der Waals surface area contributed by atoms with Gasteiger partial charge in [-0.15, -0.1) is 0 Å². The van der Waals surface area contributed by atoms with Crippen molar-refractivity contribution in [2.24, 2.45) is 23.7 Å². The van der Waals surface area contributed by atoms with E-state index in [0.29, 0.717) is 74.1 Å². The number of esters is 1. The van der Waals surface area contributed by atoms with Crippen molar-refractivity contribution in [2.75, 3.05) is 65.7 Å². The number of nitro groups is 1. The molecule has 7 aromatic rings. The molecule has 0 bridgehead atoms. The number of carbonyl (C=O) groups is 2. The van der Waals surface area contributed by atoms with Gasteiger partial charge in [-0.1, -0.05) is 40.6 Å². The third kappa shape index (κ3) is 18.9. The van der Waals surface area contributed by atoms with Crippen LogP contribution in [-0.4, -0.2) is 220 Å². The molecule has 8 aliphatic heterocycles. The molecular formula is C82H91N3O31S4. The lowest BCUT2D eigenvalue weighted by Crippen LogP contribution is -2.63. The zero-order chi connectivity index (χ0) is 84.0. The summed E-state index contributed by atoms with van der Waals surface area (Å²) < 4.78 is 111. The quantitative estimate of drug-likeness (QED) is 0.00531. The predicted molar refractivity (Wildman–Crippen MR) is 424 cm³/mol. The smallest absolute Gasteiger partial charge is 0.493 e. The molecule has 8 N–H and O–H groups in total. The summed E-state index contributed by atoms with van der Waals surface area (Å²) >= 11 is 0. The number of aliphatic hydroxyl groups excluding tert-OH is 8. The SMILES string of the molecule is CCCSSc1ccccn1.COc1cc([C@@H]2c3cc4c(cc3[C@@H](OC3OC5COC(C)OC5C(O)C3O)[C@H]3COC(O)[C@H]23)OCO4)cc(CO)c1OC(=O)CCCSSc1ccccn1.COc1cc([C@@H]2c3cc4c(cc3[C@@H](OC3OC5COC(C)OC5C(O)C3O)[C@H]3COC(O)[C@H]23)OCO4)cc(CO)c1OC(=O)Oc1ccc([N+](=O)[O-])cc1. The molecule has 10 aliphatic rings. The number of methoxy groups -OCH3 is 2. The van der Waals surface area contributed by atoms with E-state index in [9.17, 15) is 60.6 Å². The van der Waals surface area contributed by atoms with E-state index >= 15 is 0 Å². The summed E-state index contributed by atoms with van der Waals surface area (Å²) in [7, 11) is 9.54. The Labute approximate surface area is 703 Å². The number of aliphatic hydroxyl groups is 8. The van der Waals surface area contributed by atoms with Crippen LogP contribution in [0.3, 0.4) is 0 Å². The van der Waals surface area contributed by atoms with Crippen molar-refractivity contribution < 1.29 is 145 Å². The average Bonchev–Trinajstić information content (AvgIpc) is 1.44. The molecule has 14 unspecified atom stereocenters. The summed E-state index contributed by atoms with van der Waals surface area (Å²) in [6.07, 6.45) is -12.3. The van der Waals surface area contributed by atoms with E-state index in [-0.39, 0.29) is 86.4 Å². The first kappa shape index (κ1) is 86.9. The van der Waals surface area contributed by atoms with Gasteiger partial charge < -0.3 is 131 Å². The van der Waals surface area contributed by atoms with Crippen LogP contribution in [0.2, 0.25) is 0 Å². The maximum absolute atomic E-state index is 13.0. The van der Waals surface area contributed by atoms with Gasteiger partial charge in [0.1, 0.15) is 64.6 Å². The van der Waals surface area contributed by atoms with Gasteiger partial charge in [-0.25, -0.2) is 14.8 Å². The van der Waals surface area contributed by atoms with Crippen molar-refractivity contribution in [3.8, 4) is 51.7 Å². The highest BCUT2D eigenvalue weighted by atomic mass is 33.1. The molecule has 2 aromatic heterocycles. The lowest BCUT2D eigenvalue weighted by molar-refractivity contribution is -0.384. The molecular weight excluding hydrogens is 1650 g/mol. The molecule has 34 nitrogen and oxygen atoms in total. The number of ether oxygens (including phenoxy) is 19. The molecule has 644 valence electrons. The van der Waals surface area contributed by atoms with Crippen LogP contribution in [0, 0.1) is 33.8 Å². The Hall–Kier alpha value is -7.98. The fourth-order valence-corrected chi connectivity index (χ4v) is 20.4. The van der Waals surface area contributed by atoms with E-state index in [1.165, 1.54) is 61.5 Å². The van der Waals surface area contributed by atoms with E-state index < -0.39 is 165 Å². The van der Waals surface area contributed by atoms with Crippen molar-refractivity contribution in [1.29, 1.82) is 0 Å². The Morgan fingerprint density at radius 3 is 1.43 bits per heavy atom. The highest BCUT2D eigenvalue weighted by Crippen LogP contribution is 2.60. The summed E-state index contributed by atoms with van der Waals surface area (Å²) in [6, 6.07) is 30.3. The third-order valence-electron chi connectivity index (χ3n) is 22.0. The molecule has 0 amide bonds. The second-order valence-electron chi connectivity index (χ2n) is 29.4. The predicted octanol–water partition coefficient (Wildman–Crippen LogP) is 9.06. The van der Waals surface area contributed by atoms with Crippen LogP contribution < -0.4 is 42.6 Å². The maximum atomic E-state index is 13.0. The minimum Gasteiger partial charge on any atom is -0.493 e. The number of non-ortho nitro benzene ring substituents is 1. The van der Waals surface area contributed by atoms with Crippen LogP contribution in [0.4, 0.5) is 10.5 Å². The largest absolute Gasteiger partial charge is 0.519 e. The number of hydrogen-bond acceptors (Lipinski definition) is 37. The Kier molecular flexibility index (Phi) is 28.4. The maximum Gasteiger partial charge on any atom is 0.519 e. The van der Waals surface area contributed by atoms with Gasteiger partial charge in [0, 0.05) is 89.1 Å². The lowest BCUT2D eigenvalue weighted by atomic mass is 9.65. The second-order valence-corrected chi connectivity index (χ2v) is 34.3. The first-order valence-corrected chi connectivity index (χ1v) is 43.6. The third-order valence-corrected chi connectivity index (χ3v) is 26.8. The van der Waals surface area contributed by atoms with Gasteiger partial charge in [-0.2, -0.15) is 0 Å². The molecule has 5 aromatic carbocycles. The average molecular weight is 1740 g/mol. The van der Waals surface area contributed by atoms with Crippen molar-refractivity contribution in [3.05, 3.63) is 176 Å². The van der Waals surface area contributed by atoms with E-state index in [1.807, 2.05) is 65.5 Å². The van der Waals surface area contributed by atoms with Crippen LogP contribution in [0.25, 0.3) is 0 Å². The van der Waals surface area contributed by atoms with Crippen molar-refractivity contribution in [1.82, 2.24) is 9.97 Å². The van der Waals surface area contributed by atoms with E-state index in [0.717, 1.165) is 10.1 Å². The number of aromatic nitrogens is 2. The number of hydrogen-bond donors (Lipinski definition) is 8. The molecule has 0 radical (unpaired) electrons. The van der Waals surface area contributed by atoms with E-state index in [2.05, 4.69) is 16.9 Å². The minimum absolute atomic E-state index is 0.00938. The van der Waals surface area contributed by atoms with Gasteiger partial charge >= 0.3 is 12.1 Å². The van der Waals surface area contributed by atoms with Crippen LogP contribution in [0.1, 0.15) is 109 Å². The number of nitrogens with zero attached hydrogens (tertiary/aromatic N) is 3. The van der Waals surface area contributed by atoms with Crippen molar-refractivity contribution >= 4 is 61.0 Å². The standard InChI is InChI=1S/C38H43NO14S2.C36H37NO17.C8H11NS2/c1-18-46-16-27-36(50-18)32(42)33(43)38(51-27)53-35-22-13-25-24(48-17-49-25)12-21(22)30(31-23(35)15-47-37(31)44)19-10-20(14-40)34(26(11-19)45-2)52-29(41)7-5-9-54-55-28-6-3-4-8-39-28;1-15-46-13-26-33(50-15)29(39)30(40)35(52-26)53-32-21-10-24-23(48-14-49-24)9-20(21)27(28-22(32)12-47-34(28)41)16-7-17(11-38)31(25(8-16)45-2)54-36(42)51-19-5-3-18(4-6-19)37(43)44;1-2-7-10-11-8-5-3-4-6-9-8/h3-4,6,8,10-13,18,23,27,30-33,35-38,40,42-44H,5,7,9,14-17H2,1-2H3;3-10,15,22,26-30,32-35,38-41H,11-14H2,1-2H3;3-6H,2,7H2,1H3/t18?,23-,27?,30+,31-,32?,33?,35+,36?,37?,38?;15?,22-,26?,27+,28-,29?,30?,32+,33?,34?,35?;/m00./s1. The van der Waals surface area contributed by atoms with Crippen LogP contribution in [0.15, 0.2) is 132 Å². The van der Waals surface area contributed by atoms with Crippen molar-refractivity contribution in [2.45, 2.75) is 174 Å². The first-order valence-electron chi connectivity index (χ1n) is 38.9. The lowest BCUT2D eigenvalue weighted by Gasteiger charge is -2.48. The van der Waals surface area contributed by atoms with E-state index in [4.69, 9.17) is 90.0 Å². The zero-order valence-electron chi connectivity index (χ0n) is 65.4. The number of pyridine rings is 2. The summed E-state index contributed by atoms with van der Waals surface area (Å²) in [6.45, 7) is 4.87. The molecule has 22 atom stereocenters. The number of carbonyl (C=O) groups excluding carboxylic acids is 2. The first-order chi connectivity index (χ1) is 58.2. The topological polar surface area (TPSA) is 440 Å². The van der Waals surface area contributed by atoms with Gasteiger partial charge in [-0.05, 0) is 167 Å². The van der Waals surface area contributed by atoms with Gasteiger partial charge in [0.2, 0.25) is 13.6 Å². The van der Waals surface area contributed by atoms with Crippen LogP contribution in [-0.2, 0) is 65.4 Å². The molecule has 6 saturated heterocycles. The number of benzene rings is 5. The minimum atomic E-state index is -1.49. The molecule has 0 saturated carbocycles. The number of rotatable bonds is 24. The molecule has 0 spiro atoms. The van der Waals surface area contributed by atoms with Gasteiger partial charge in [-0.3, -0.25) is 14.9 Å². The van der Waals surface area contributed by atoms with Gasteiger partial charge in [0.15, 0.2) is 83.7 Å². The van der Waals surface area contributed by atoms with Crippen molar-refractivity contribution in [3.63, 3.8) is 0 Å². The van der Waals surface area contributed by atoms with Gasteiger partial charge in [0.05, 0.1) is 71.0 Å². The summed E-state index contributed by atoms with van der Waals surface area (Å²) in [5, 5.41) is 101. The normalized spacial score (nSPS) is 30.1. The molecule has 10 heterocycles. The number of fused-ring (bicyclic) bond motifs is 8. The second kappa shape index (κ2) is 39.3. The Bertz CT molecular complexity index is 4650. The molecule has 38 heteroatoms. The van der Waals surface area contributed by atoms with Crippen LogP contribution >= 0.6 is 43.2 Å². The summed E-state index contributed by atoms with van der Waals surface area (Å²) in [5.74, 6) is 0.0107. The van der Waals surface area contributed by atoms with E-state index in [1.54, 1.807) is 78.0 Å². The number of nitro benzene ring substituents is 1. The summed E-state index contributed by atoms with van der Waals surface area (Å²) in [5.41, 5.74) is 4.08. The Morgan fingerprint density at radius 1 is 0.542 bits per heavy atom. The Balaban J connectivity index is 0.000000166. The molecule has 17 rings (SSSR count). The summed E-state index contributed by atoms with van der Waals surface area (Å²) in [4.78, 5) is 44.8. The fraction of sp³-hybridized carbons (Fsp3) is 0.488. The Morgan fingerprint density at radius 2 is 1.00 bits per heavy atom. The molecule has 6 fully saturated rings. The molecule has 2 aliphatic carbocycles. The zero-order valence-corrected chi connectivity index (χ0v) is 68.6.